The zero-order chi connectivity index (χ0) is 16.0. The molecule has 5 heteroatoms. The first-order chi connectivity index (χ1) is 9.93. The molecule has 0 atom stereocenters. The van der Waals surface area contributed by atoms with Crippen LogP contribution in [0.1, 0.15) is 42.6 Å². The molecule has 0 aliphatic rings. The van der Waals surface area contributed by atoms with Gasteiger partial charge in [-0.2, -0.15) is 0 Å². The molecule has 0 aromatic heterocycles. The minimum atomic E-state index is -1.05. The highest BCUT2D eigenvalue weighted by atomic mass is 16.5. The van der Waals surface area contributed by atoms with Crippen molar-refractivity contribution >= 4 is 11.9 Å². The number of hydrogen-bond donors (Lipinski definition) is 1. The number of hydrogen-bond acceptors (Lipinski definition) is 4. The summed E-state index contributed by atoms with van der Waals surface area (Å²) in [6, 6.07) is 4.96. The lowest BCUT2D eigenvalue weighted by Gasteiger charge is -2.28. The van der Waals surface area contributed by atoms with Crippen LogP contribution in [-0.2, 0) is 16.0 Å². The Morgan fingerprint density at radius 2 is 1.81 bits per heavy atom. The van der Waals surface area contributed by atoms with Crippen LogP contribution in [-0.4, -0.2) is 31.3 Å². The molecule has 1 aromatic carbocycles. The van der Waals surface area contributed by atoms with Gasteiger partial charge in [-0.25, -0.2) is 4.79 Å². The lowest BCUT2D eigenvalue weighted by atomic mass is 9.77. The largest absolute Gasteiger partial charge is 0.496 e. The Kier molecular flexibility index (Phi) is 5.76. The first-order valence-corrected chi connectivity index (χ1v) is 6.92. The van der Waals surface area contributed by atoms with E-state index in [0.717, 1.165) is 5.56 Å². The third-order valence-electron chi connectivity index (χ3n) is 4.01. The SMILES string of the molecule is CCC(CC)(Cc1ccc(OC)c(C(=O)O)c1)C(=O)OC. The van der Waals surface area contributed by atoms with E-state index in [1.54, 1.807) is 18.2 Å². The average molecular weight is 294 g/mol. The van der Waals surface area contributed by atoms with Gasteiger partial charge in [0.25, 0.3) is 0 Å². The molecule has 0 saturated carbocycles. The van der Waals surface area contributed by atoms with Crippen LogP contribution in [0.25, 0.3) is 0 Å². The second-order valence-electron chi connectivity index (χ2n) is 5.00. The third kappa shape index (κ3) is 3.54. The van der Waals surface area contributed by atoms with Crippen LogP contribution in [0.5, 0.6) is 5.75 Å². The van der Waals surface area contributed by atoms with Gasteiger partial charge in [0.1, 0.15) is 11.3 Å². The van der Waals surface area contributed by atoms with Crippen LogP contribution in [0, 0.1) is 5.41 Å². The predicted octanol–water partition coefficient (Wildman–Crippen LogP) is 2.92. The Bertz CT molecular complexity index is 517. The van der Waals surface area contributed by atoms with E-state index in [2.05, 4.69) is 0 Å². The van der Waals surface area contributed by atoms with Gasteiger partial charge >= 0.3 is 11.9 Å². The number of carbonyl (C=O) groups is 2. The van der Waals surface area contributed by atoms with E-state index in [-0.39, 0.29) is 11.5 Å². The van der Waals surface area contributed by atoms with Crippen molar-refractivity contribution < 1.29 is 24.2 Å². The van der Waals surface area contributed by atoms with Gasteiger partial charge in [0.05, 0.1) is 19.6 Å². The molecule has 0 aliphatic carbocycles. The van der Waals surface area contributed by atoms with Gasteiger partial charge in [-0.1, -0.05) is 19.9 Å². The summed E-state index contributed by atoms with van der Waals surface area (Å²) in [4.78, 5) is 23.3. The predicted molar refractivity (Wildman–Crippen MR) is 78.7 cm³/mol. The summed E-state index contributed by atoms with van der Waals surface area (Å²) in [5.74, 6) is -1.01. The van der Waals surface area contributed by atoms with Crippen LogP contribution in [0.2, 0.25) is 0 Å². The van der Waals surface area contributed by atoms with Crippen molar-refractivity contribution in [2.45, 2.75) is 33.1 Å². The van der Waals surface area contributed by atoms with Crippen molar-refractivity contribution in [1.82, 2.24) is 0 Å². The van der Waals surface area contributed by atoms with Crippen molar-refractivity contribution in [2.75, 3.05) is 14.2 Å². The van der Waals surface area contributed by atoms with Crippen LogP contribution < -0.4 is 4.74 Å². The molecule has 0 fully saturated rings. The Morgan fingerprint density at radius 1 is 1.19 bits per heavy atom. The molecule has 1 aromatic rings. The van der Waals surface area contributed by atoms with Gasteiger partial charge < -0.3 is 14.6 Å². The van der Waals surface area contributed by atoms with Crippen molar-refractivity contribution in [3.63, 3.8) is 0 Å². The van der Waals surface area contributed by atoms with Gasteiger partial charge in [0, 0.05) is 0 Å². The maximum atomic E-state index is 12.1. The van der Waals surface area contributed by atoms with Crippen LogP contribution in [0.3, 0.4) is 0 Å². The van der Waals surface area contributed by atoms with E-state index in [9.17, 15) is 14.7 Å². The number of esters is 1. The number of benzene rings is 1. The van der Waals surface area contributed by atoms with Crippen LogP contribution >= 0.6 is 0 Å². The molecule has 0 bridgehead atoms. The van der Waals surface area contributed by atoms with E-state index in [1.165, 1.54) is 14.2 Å². The highest BCUT2D eigenvalue weighted by Crippen LogP contribution is 2.33. The van der Waals surface area contributed by atoms with Crippen LogP contribution in [0.4, 0.5) is 0 Å². The van der Waals surface area contributed by atoms with Gasteiger partial charge in [-0.15, -0.1) is 0 Å². The molecule has 1 rings (SSSR count). The third-order valence-corrected chi connectivity index (χ3v) is 4.01. The molecule has 0 spiro atoms. The average Bonchev–Trinajstić information content (AvgIpc) is 2.51. The molecule has 0 saturated heterocycles. The smallest absolute Gasteiger partial charge is 0.339 e. The normalized spacial score (nSPS) is 11.0. The number of rotatable bonds is 7. The van der Waals surface area contributed by atoms with E-state index < -0.39 is 11.4 Å². The molecule has 21 heavy (non-hydrogen) atoms. The monoisotopic (exact) mass is 294 g/mol. The quantitative estimate of drug-likeness (QED) is 0.783. The van der Waals surface area contributed by atoms with E-state index in [0.29, 0.717) is 25.0 Å². The molecular formula is C16H22O5. The lowest BCUT2D eigenvalue weighted by molar-refractivity contribution is -0.153. The van der Waals surface area contributed by atoms with Crippen molar-refractivity contribution in [3.8, 4) is 5.75 Å². The molecule has 0 heterocycles. The highest BCUT2D eigenvalue weighted by molar-refractivity contribution is 5.91. The van der Waals surface area contributed by atoms with Crippen molar-refractivity contribution in [1.29, 1.82) is 0 Å². The molecular weight excluding hydrogens is 272 g/mol. The zero-order valence-electron chi connectivity index (χ0n) is 12.9. The lowest BCUT2D eigenvalue weighted by Crippen LogP contribution is -2.33. The first kappa shape index (κ1) is 17.0. The number of methoxy groups -OCH3 is 2. The molecule has 0 unspecified atom stereocenters. The highest BCUT2D eigenvalue weighted by Gasteiger charge is 2.36. The summed E-state index contributed by atoms with van der Waals surface area (Å²) in [6.45, 7) is 3.87. The number of carboxylic acid groups (broad SMARTS) is 1. The number of carbonyl (C=O) groups excluding carboxylic acids is 1. The Morgan fingerprint density at radius 3 is 2.24 bits per heavy atom. The Labute approximate surface area is 124 Å². The fourth-order valence-electron chi connectivity index (χ4n) is 2.50. The first-order valence-electron chi connectivity index (χ1n) is 6.92. The molecule has 0 radical (unpaired) electrons. The van der Waals surface area contributed by atoms with E-state index >= 15 is 0 Å². The maximum absolute atomic E-state index is 12.1. The minimum absolute atomic E-state index is 0.0981. The summed E-state index contributed by atoms with van der Waals surface area (Å²) in [6.07, 6.45) is 1.70. The number of ether oxygens (including phenoxy) is 2. The second kappa shape index (κ2) is 7.11. The zero-order valence-corrected chi connectivity index (χ0v) is 12.9. The van der Waals surface area contributed by atoms with Crippen molar-refractivity contribution in [2.24, 2.45) is 5.41 Å². The summed E-state index contributed by atoms with van der Waals surface area (Å²) in [5.41, 5.74) is 0.252. The summed E-state index contributed by atoms with van der Waals surface area (Å²) < 4.78 is 9.95. The van der Waals surface area contributed by atoms with Gasteiger partial charge in [-0.05, 0) is 37.0 Å². The molecule has 1 N–H and O–H groups in total. The second-order valence-corrected chi connectivity index (χ2v) is 5.00. The topological polar surface area (TPSA) is 72.8 Å². The summed E-state index contributed by atoms with van der Waals surface area (Å²) in [5, 5.41) is 9.22. The number of aromatic carboxylic acids is 1. The van der Waals surface area contributed by atoms with Gasteiger partial charge in [0.2, 0.25) is 0 Å². The molecule has 5 nitrogen and oxygen atoms in total. The summed E-state index contributed by atoms with van der Waals surface area (Å²) in [7, 11) is 2.80. The minimum Gasteiger partial charge on any atom is -0.496 e. The van der Waals surface area contributed by atoms with Crippen LogP contribution in [0.15, 0.2) is 18.2 Å². The van der Waals surface area contributed by atoms with Gasteiger partial charge in [0.15, 0.2) is 0 Å². The van der Waals surface area contributed by atoms with E-state index in [4.69, 9.17) is 9.47 Å². The molecule has 0 aliphatic heterocycles. The molecule has 0 amide bonds. The summed E-state index contributed by atoms with van der Waals surface area (Å²) >= 11 is 0. The Hall–Kier alpha value is -2.04. The standard InChI is InChI=1S/C16H22O5/c1-5-16(6-2,15(19)21-4)10-11-7-8-13(20-3)12(9-11)14(17)18/h7-9H,5-6,10H2,1-4H3,(H,17,18). The fourth-order valence-corrected chi connectivity index (χ4v) is 2.50. The maximum Gasteiger partial charge on any atom is 0.339 e. The van der Waals surface area contributed by atoms with Gasteiger partial charge in [-0.3, -0.25) is 4.79 Å². The number of carboxylic acids is 1. The fraction of sp³-hybridized carbons (Fsp3) is 0.500. The van der Waals surface area contributed by atoms with Crippen molar-refractivity contribution in [3.05, 3.63) is 29.3 Å². The van der Waals surface area contributed by atoms with E-state index in [1.807, 2.05) is 13.8 Å². The Balaban J connectivity index is 3.19. The molecule has 116 valence electrons.